The van der Waals surface area contributed by atoms with Crippen molar-refractivity contribution >= 4 is 5.91 Å². The molecule has 0 fully saturated rings. The summed E-state index contributed by atoms with van der Waals surface area (Å²) < 4.78 is 0. The fourth-order valence-electron chi connectivity index (χ4n) is 1.10. The predicted octanol–water partition coefficient (Wildman–Crippen LogP) is 0.399. The summed E-state index contributed by atoms with van der Waals surface area (Å²) in [6.07, 6.45) is 3.81. The van der Waals surface area contributed by atoms with Crippen molar-refractivity contribution in [2.24, 2.45) is 11.7 Å². The molecule has 0 saturated carbocycles. The lowest BCUT2D eigenvalue weighted by Crippen LogP contribution is -2.34. The molecule has 0 aliphatic rings. The number of H-pyrrole nitrogens is 1. The topological polar surface area (TPSA) is 83.8 Å². The van der Waals surface area contributed by atoms with Crippen LogP contribution in [0.15, 0.2) is 12.4 Å². The van der Waals surface area contributed by atoms with Gasteiger partial charge in [-0.15, -0.1) is 0 Å². The van der Waals surface area contributed by atoms with Gasteiger partial charge in [0.15, 0.2) is 0 Å². The highest BCUT2D eigenvalue weighted by Crippen LogP contribution is 2.02. The number of carbonyl (C=O) groups excluding carboxylic acids is 1. The zero-order valence-electron chi connectivity index (χ0n) is 9.16. The molecule has 5 nitrogen and oxygen atoms in total. The Morgan fingerprint density at radius 3 is 2.93 bits per heavy atom. The monoisotopic (exact) mass is 210 g/mol. The molecule has 1 aromatic heterocycles. The van der Waals surface area contributed by atoms with Gasteiger partial charge in [0.2, 0.25) is 5.91 Å². The second-order valence-electron chi connectivity index (χ2n) is 4.00. The first-order chi connectivity index (χ1) is 7.09. The fourth-order valence-corrected chi connectivity index (χ4v) is 1.10. The lowest BCUT2D eigenvalue weighted by molar-refractivity contribution is -0.121. The van der Waals surface area contributed by atoms with E-state index in [0.717, 1.165) is 5.56 Å². The summed E-state index contributed by atoms with van der Waals surface area (Å²) in [6.45, 7) is 4.52. The van der Waals surface area contributed by atoms with Crippen LogP contribution in [0.2, 0.25) is 0 Å². The molecule has 15 heavy (non-hydrogen) atoms. The van der Waals surface area contributed by atoms with Gasteiger partial charge in [-0.2, -0.15) is 5.10 Å². The number of carbonyl (C=O) groups is 1. The maximum atomic E-state index is 11.4. The van der Waals surface area contributed by atoms with Crippen LogP contribution >= 0.6 is 0 Å². The van der Waals surface area contributed by atoms with E-state index < -0.39 is 0 Å². The molecule has 4 N–H and O–H groups in total. The van der Waals surface area contributed by atoms with Crippen molar-refractivity contribution in [3.05, 3.63) is 18.0 Å². The quantitative estimate of drug-likeness (QED) is 0.657. The van der Waals surface area contributed by atoms with E-state index in [1.807, 2.05) is 13.8 Å². The molecule has 1 heterocycles. The van der Waals surface area contributed by atoms with Crippen molar-refractivity contribution in [1.82, 2.24) is 15.5 Å². The standard InChI is InChI=1S/C10H18N4O/c1-7(2)9(11)3-10(15)12-4-8-5-13-14-6-8/h5-7,9H,3-4,11H2,1-2H3,(H,12,15)(H,13,14). The Labute approximate surface area is 89.4 Å². The van der Waals surface area contributed by atoms with E-state index in [1.54, 1.807) is 12.4 Å². The zero-order chi connectivity index (χ0) is 11.3. The third-order valence-corrected chi connectivity index (χ3v) is 2.32. The summed E-state index contributed by atoms with van der Waals surface area (Å²) in [5, 5.41) is 9.27. The summed E-state index contributed by atoms with van der Waals surface area (Å²) in [5.41, 5.74) is 6.75. The van der Waals surface area contributed by atoms with Crippen LogP contribution in [0.3, 0.4) is 0 Å². The van der Waals surface area contributed by atoms with E-state index in [1.165, 1.54) is 0 Å². The number of aromatic amines is 1. The van der Waals surface area contributed by atoms with Crippen LogP contribution in [0.4, 0.5) is 0 Å². The Bertz CT molecular complexity index is 294. The molecule has 1 unspecified atom stereocenters. The minimum Gasteiger partial charge on any atom is -0.352 e. The summed E-state index contributed by atoms with van der Waals surface area (Å²) in [7, 11) is 0. The smallest absolute Gasteiger partial charge is 0.221 e. The third kappa shape index (κ3) is 4.12. The van der Waals surface area contributed by atoms with E-state index in [-0.39, 0.29) is 11.9 Å². The molecule has 5 heteroatoms. The normalized spacial score (nSPS) is 12.8. The highest BCUT2D eigenvalue weighted by Gasteiger charge is 2.12. The number of rotatable bonds is 5. The van der Waals surface area contributed by atoms with Gasteiger partial charge < -0.3 is 11.1 Å². The summed E-state index contributed by atoms with van der Waals surface area (Å²) in [4.78, 5) is 11.4. The maximum absolute atomic E-state index is 11.4. The Hall–Kier alpha value is -1.36. The highest BCUT2D eigenvalue weighted by molar-refractivity contribution is 5.76. The molecule has 0 bridgehead atoms. The number of nitrogens with one attached hydrogen (secondary N) is 2. The van der Waals surface area contributed by atoms with E-state index in [4.69, 9.17) is 5.73 Å². The molecule has 0 saturated heterocycles. The molecular formula is C10H18N4O. The van der Waals surface area contributed by atoms with Crippen LogP contribution < -0.4 is 11.1 Å². The molecule has 0 radical (unpaired) electrons. The van der Waals surface area contributed by atoms with Gasteiger partial charge in [-0.3, -0.25) is 9.89 Å². The summed E-state index contributed by atoms with van der Waals surface area (Å²) in [5.74, 6) is 0.307. The van der Waals surface area contributed by atoms with Gasteiger partial charge in [-0.25, -0.2) is 0 Å². The number of aromatic nitrogens is 2. The van der Waals surface area contributed by atoms with Crippen molar-refractivity contribution in [2.45, 2.75) is 32.9 Å². The Balaban J connectivity index is 2.25. The number of hydrogen-bond acceptors (Lipinski definition) is 3. The van der Waals surface area contributed by atoms with Crippen molar-refractivity contribution in [1.29, 1.82) is 0 Å². The second kappa shape index (κ2) is 5.50. The average molecular weight is 210 g/mol. The molecule has 0 spiro atoms. The van der Waals surface area contributed by atoms with Gasteiger partial charge in [0.1, 0.15) is 0 Å². The van der Waals surface area contributed by atoms with E-state index in [0.29, 0.717) is 18.9 Å². The van der Waals surface area contributed by atoms with Crippen LogP contribution in [-0.4, -0.2) is 22.1 Å². The summed E-state index contributed by atoms with van der Waals surface area (Å²) in [6, 6.07) is -0.0747. The minimum absolute atomic E-state index is 0.0163. The van der Waals surface area contributed by atoms with Gasteiger partial charge in [0, 0.05) is 30.8 Å². The molecule has 1 atom stereocenters. The Kier molecular flexibility index (Phi) is 4.30. The van der Waals surface area contributed by atoms with Crippen LogP contribution in [0.25, 0.3) is 0 Å². The molecule has 1 aromatic rings. The van der Waals surface area contributed by atoms with Crippen LogP contribution in [0.5, 0.6) is 0 Å². The third-order valence-electron chi connectivity index (χ3n) is 2.32. The van der Waals surface area contributed by atoms with Crippen molar-refractivity contribution in [3.63, 3.8) is 0 Å². The first-order valence-electron chi connectivity index (χ1n) is 5.09. The van der Waals surface area contributed by atoms with E-state index >= 15 is 0 Å². The molecule has 1 rings (SSSR count). The number of amides is 1. The number of nitrogens with zero attached hydrogens (tertiary/aromatic N) is 1. The molecule has 0 aliphatic carbocycles. The number of nitrogens with two attached hydrogens (primary N) is 1. The maximum Gasteiger partial charge on any atom is 0.221 e. The molecule has 0 aliphatic heterocycles. The van der Waals surface area contributed by atoms with Gasteiger partial charge >= 0.3 is 0 Å². The SMILES string of the molecule is CC(C)C(N)CC(=O)NCc1cn[nH]c1. The Morgan fingerprint density at radius 2 is 2.40 bits per heavy atom. The van der Waals surface area contributed by atoms with Crippen LogP contribution in [0, 0.1) is 5.92 Å². The fraction of sp³-hybridized carbons (Fsp3) is 0.600. The molecule has 84 valence electrons. The Morgan fingerprint density at radius 1 is 1.67 bits per heavy atom. The van der Waals surface area contributed by atoms with Gasteiger partial charge in [-0.1, -0.05) is 13.8 Å². The van der Waals surface area contributed by atoms with Crippen LogP contribution in [-0.2, 0) is 11.3 Å². The molecule has 0 aromatic carbocycles. The molecular weight excluding hydrogens is 192 g/mol. The number of hydrogen-bond donors (Lipinski definition) is 3. The lowest BCUT2D eigenvalue weighted by Gasteiger charge is -2.14. The van der Waals surface area contributed by atoms with Crippen molar-refractivity contribution < 1.29 is 4.79 Å². The lowest BCUT2D eigenvalue weighted by atomic mass is 10.0. The van der Waals surface area contributed by atoms with E-state index in [2.05, 4.69) is 15.5 Å². The van der Waals surface area contributed by atoms with Crippen molar-refractivity contribution in [3.8, 4) is 0 Å². The largest absolute Gasteiger partial charge is 0.352 e. The minimum atomic E-state index is -0.0747. The first-order valence-corrected chi connectivity index (χ1v) is 5.09. The predicted molar refractivity (Wildman–Crippen MR) is 57.9 cm³/mol. The highest BCUT2D eigenvalue weighted by atomic mass is 16.1. The zero-order valence-corrected chi connectivity index (χ0v) is 9.16. The van der Waals surface area contributed by atoms with Gasteiger partial charge in [0.05, 0.1) is 6.20 Å². The van der Waals surface area contributed by atoms with Crippen LogP contribution in [0.1, 0.15) is 25.8 Å². The van der Waals surface area contributed by atoms with Gasteiger partial charge in [0.25, 0.3) is 0 Å². The molecule has 1 amide bonds. The van der Waals surface area contributed by atoms with Crippen molar-refractivity contribution in [2.75, 3.05) is 0 Å². The second-order valence-corrected chi connectivity index (χ2v) is 4.00. The first kappa shape index (κ1) is 11.7. The average Bonchev–Trinajstić information content (AvgIpc) is 2.66. The summed E-state index contributed by atoms with van der Waals surface area (Å²) >= 11 is 0. The van der Waals surface area contributed by atoms with Gasteiger partial charge in [-0.05, 0) is 5.92 Å². The van der Waals surface area contributed by atoms with E-state index in [9.17, 15) is 4.79 Å².